The Balaban J connectivity index is 1.88. The lowest BCUT2D eigenvalue weighted by Gasteiger charge is -2.20. The minimum absolute atomic E-state index is 0.255. The highest BCUT2D eigenvalue weighted by molar-refractivity contribution is 5.49. The first kappa shape index (κ1) is 18.2. The van der Waals surface area contributed by atoms with E-state index in [4.69, 9.17) is 34.2 Å². The monoisotopic (exact) mass is 332 g/mol. The molecule has 0 bridgehead atoms. The van der Waals surface area contributed by atoms with Crippen LogP contribution in [-0.2, 0) is 18.9 Å². The molecule has 1 fully saturated rings. The van der Waals surface area contributed by atoms with Crippen molar-refractivity contribution in [2.45, 2.75) is 6.10 Å². The van der Waals surface area contributed by atoms with Crippen LogP contribution in [-0.4, -0.2) is 59.0 Å². The van der Waals surface area contributed by atoms with Gasteiger partial charge in [-0.2, -0.15) is 10.5 Å². The van der Waals surface area contributed by atoms with E-state index in [1.807, 2.05) is 12.1 Å². The lowest BCUT2D eigenvalue weighted by atomic mass is 10.1. The molecule has 0 aromatic heterocycles. The zero-order valence-corrected chi connectivity index (χ0v) is 13.4. The Morgan fingerprint density at radius 2 is 1.58 bits per heavy atom. The van der Waals surface area contributed by atoms with Crippen LogP contribution in [0.2, 0.25) is 0 Å². The Bertz CT molecular complexity index is 582. The Kier molecular flexibility index (Phi) is 8.02. The summed E-state index contributed by atoms with van der Waals surface area (Å²) >= 11 is 0. The lowest BCUT2D eigenvalue weighted by molar-refractivity contribution is -0.0773. The van der Waals surface area contributed by atoms with E-state index in [-0.39, 0.29) is 18.3 Å². The molecule has 7 heteroatoms. The quantitative estimate of drug-likeness (QED) is 0.822. The minimum atomic E-state index is -0.255. The van der Waals surface area contributed by atoms with Crippen molar-refractivity contribution in [3.05, 3.63) is 29.3 Å². The second-order valence-corrected chi connectivity index (χ2v) is 5.03. The average Bonchev–Trinajstić information content (AvgIpc) is 2.61. The first-order valence-corrected chi connectivity index (χ1v) is 7.75. The fourth-order valence-corrected chi connectivity index (χ4v) is 2.06. The molecule has 1 unspecified atom stereocenters. The largest absolute Gasteiger partial charge is 0.491 e. The molecule has 1 atom stereocenters. The Morgan fingerprint density at radius 1 is 0.917 bits per heavy atom. The summed E-state index contributed by atoms with van der Waals surface area (Å²) in [6, 6.07) is 8.73. The summed E-state index contributed by atoms with van der Waals surface area (Å²) in [5, 5.41) is 18.0. The van der Waals surface area contributed by atoms with Gasteiger partial charge < -0.3 is 23.7 Å². The highest BCUT2D eigenvalue weighted by Crippen LogP contribution is 2.17. The van der Waals surface area contributed by atoms with Gasteiger partial charge >= 0.3 is 0 Å². The molecule has 0 aliphatic carbocycles. The molecule has 1 heterocycles. The van der Waals surface area contributed by atoms with Crippen LogP contribution in [0.5, 0.6) is 5.75 Å². The van der Waals surface area contributed by atoms with Crippen molar-refractivity contribution in [3.63, 3.8) is 0 Å². The molecule has 1 saturated heterocycles. The number of rotatable bonds is 3. The predicted molar refractivity (Wildman–Crippen MR) is 83.6 cm³/mol. The zero-order chi connectivity index (χ0) is 17.0. The summed E-state index contributed by atoms with van der Waals surface area (Å²) < 4.78 is 27.6. The number of nitrogens with zero attached hydrogens (tertiary/aromatic N) is 2. The topological polar surface area (TPSA) is 93.7 Å². The fraction of sp³-hybridized carbons (Fsp3) is 0.529. The minimum Gasteiger partial charge on any atom is -0.491 e. The Morgan fingerprint density at radius 3 is 2.29 bits per heavy atom. The standard InChI is InChI=1S/C17H20N2O5/c18-10-14-1-2-16(9-15(14)11-19)24-13-17-12-22-6-5-20-3-4-21-7-8-23-17/h1-2,9,17H,3-8,12-13H2. The van der Waals surface area contributed by atoms with Crippen molar-refractivity contribution < 1.29 is 23.7 Å². The van der Waals surface area contributed by atoms with E-state index in [9.17, 15) is 0 Å². The summed E-state index contributed by atoms with van der Waals surface area (Å²) in [4.78, 5) is 0. The molecular weight excluding hydrogens is 312 g/mol. The van der Waals surface area contributed by atoms with E-state index in [0.717, 1.165) is 0 Å². The summed E-state index contributed by atoms with van der Waals surface area (Å²) in [5.74, 6) is 0.514. The van der Waals surface area contributed by atoms with Gasteiger partial charge in [0, 0.05) is 0 Å². The number of hydrogen-bond donors (Lipinski definition) is 0. The van der Waals surface area contributed by atoms with E-state index in [1.165, 1.54) is 0 Å². The maximum atomic E-state index is 9.04. The van der Waals surface area contributed by atoms with Gasteiger partial charge in [-0.25, -0.2) is 0 Å². The summed E-state index contributed by atoms with van der Waals surface area (Å²) in [6.07, 6.45) is -0.255. The molecule has 1 aromatic carbocycles. The van der Waals surface area contributed by atoms with E-state index in [2.05, 4.69) is 0 Å². The van der Waals surface area contributed by atoms with Crippen molar-refractivity contribution in [1.29, 1.82) is 10.5 Å². The van der Waals surface area contributed by atoms with Gasteiger partial charge in [0.1, 0.15) is 30.6 Å². The van der Waals surface area contributed by atoms with Crippen LogP contribution >= 0.6 is 0 Å². The number of ether oxygens (including phenoxy) is 5. The molecule has 0 amide bonds. The lowest BCUT2D eigenvalue weighted by Crippen LogP contribution is -2.30. The van der Waals surface area contributed by atoms with Crippen LogP contribution in [0.4, 0.5) is 0 Å². The molecule has 0 radical (unpaired) electrons. The van der Waals surface area contributed by atoms with E-state index < -0.39 is 0 Å². The van der Waals surface area contributed by atoms with E-state index in [1.54, 1.807) is 18.2 Å². The molecule has 0 spiro atoms. The number of hydrogen-bond acceptors (Lipinski definition) is 7. The zero-order valence-electron chi connectivity index (χ0n) is 13.4. The molecule has 128 valence electrons. The third-order valence-corrected chi connectivity index (χ3v) is 3.30. The van der Waals surface area contributed by atoms with Crippen LogP contribution < -0.4 is 4.74 Å². The van der Waals surface area contributed by atoms with Crippen molar-refractivity contribution >= 4 is 0 Å². The van der Waals surface area contributed by atoms with Crippen LogP contribution in [0.25, 0.3) is 0 Å². The molecule has 1 aromatic rings. The van der Waals surface area contributed by atoms with Gasteiger partial charge in [-0.15, -0.1) is 0 Å². The maximum Gasteiger partial charge on any atom is 0.120 e. The van der Waals surface area contributed by atoms with Crippen molar-refractivity contribution in [1.82, 2.24) is 0 Å². The van der Waals surface area contributed by atoms with Crippen molar-refractivity contribution in [2.75, 3.05) is 52.9 Å². The second kappa shape index (κ2) is 10.6. The normalized spacial score (nSPS) is 20.0. The highest BCUT2D eigenvalue weighted by atomic mass is 16.6. The smallest absolute Gasteiger partial charge is 0.120 e. The third-order valence-electron chi connectivity index (χ3n) is 3.30. The van der Waals surface area contributed by atoms with E-state index >= 15 is 0 Å². The fourth-order valence-electron chi connectivity index (χ4n) is 2.06. The number of benzene rings is 1. The van der Waals surface area contributed by atoms with Gasteiger partial charge in [0.25, 0.3) is 0 Å². The molecule has 7 nitrogen and oxygen atoms in total. The van der Waals surface area contributed by atoms with Crippen LogP contribution in [0.3, 0.4) is 0 Å². The van der Waals surface area contributed by atoms with Gasteiger partial charge in [-0.05, 0) is 18.2 Å². The summed E-state index contributed by atoms with van der Waals surface area (Å²) in [6.45, 7) is 3.65. The SMILES string of the molecule is N#Cc1ccc(OCC2COCCOCCOCCO2)cc1C#N. The summed E-state index contributed by atoms with van der Waals surface area (Å²) in [7, 11) is 0. The first-order chi connectivity index (χ1) is 11.8. The van der Waals surface area contributed by atoms with Crippen molar-refractivity contribution in [2.24, 2.45) is 0 Å². The van der Waals surface area contributed by atoms with Crippen LogP contribution in [0.15, 0.2) is 18.2 Å². The van der Waals surface area contributed by atoms with Gasteiger partial charge in [0.15, 0.2) is 0 Å². The molecule has 0 saturated carbocycles. The summed E-state index contributed by atoms with van der Waals surface area (Å²) in [5.41, 5.74) is 0.615. The average molecular weight is 332 g/mol. The molecule has 1 aliphatic rings. The Hall–Kier alpha value is -2.16. The second-order valence-electron chi connectivity index (χ2n) is 5.03. The molecule has 2 rings (SSSR count). The van der Waals surface area contributed by atoms with Crippen molar-refractivity contribution in [3.8, 4) is 17.9 Å². The van der Waals surface area contributed by atoms with Gasteiger partial charge in [0.2, 0.25) is 0 Å². The molecule has 24 heavy (non-hydrogen) atoms. The van der Waals surface area contributed by atoms with Gasteiger partial charge in [0.05, 0.1) is 57.4 Å². The first-order valence-electron chi connectivity index (χ1n) is 7.75. The molecule has 1 aliphatic heterocycles. The van der Waals surface area contributed by atoms with Gasteiger partial charge in [-0.1, -0.05) is 0 Å². The molecule has 0 N–H and O–H groups in total. The highest BCUT2D eigenvalue weighted by Gasteiger charge is 2.12. The Labute approximate surface area is 141 Å². The van der Waals surface area contributed by atoms with Crippen LogP contribution in [0.1, 0.15) is 11.1 Å². The maximum absolute atomic E-state index is 9.04. The van der Waals surface area contributed by atoms with E-state index in [0.29, 0.717) is 57.6 Å². The third kappa shape index (κ3) is 6.15. The predicted octanol–water partition coefficient (Wildman–Crippen LogP) is 1.26. The number of nitriles is 2. The van der Waals surface area contributed by atoms with Gasteiger partial charge in [-0.3, -0.25) is 0 Å². The molecular formula is C17H20N2O5. The van der Waals surface area contributed by atoms with Crippen LogP contribution in [0, 0.1) is 22.7 Å².